The Morgan fingerprint density at radius 3 is 2.10 bits per heavy atom. The van der Waals surface area contributed by atoms with Crippen molar-refractivity contribution in [3.63, 3.8) is 0 Å². The first-order chi connectivity index (χ1) is 14.0. The maximum Gasteiger partial charge on any atom is 0.416 e. The highest BCUT2D eigenvalue weighted by atomic mass is 32.2. The lowest BCUT2D eigenvalue weighted by Gasteiger charge is -2.22. The fraction of sp³-hybridized carbons (Fsp3) is 0.350. The third kappa shape index (κ3) is 5.44. The van der Waals surface area contributed by atoms with Gasteiger partial charge in [0.15, 0.2) is 0 Å². The van der Waals surface area contributed by atoms with Gasteiger partial charge in [0, 0.05) is 24.5 Å². The van der Waals surface area contributed by atoms with Gasteiger partial charge in [0.2, 0.25) is 15.9 Å². The molecule has 6 nitrogen and oxygen atoms in total. The van der Waals surface area contributed by atoms with Crippen molar-refractivity contribution >= 4 is 33.0 Å². The van der Waals surface area contributed by atoms with Gasteiger partial charge in [-0.05, 0) is 61.4 Å². The number of nitrogens with zero attached hydrogens (tertiary/aromatic N) is 2. The summed E-state index contributed by atoms with van der Waals surface area (Å²) < 4.78 is 63.2. The minimum absolute atomic E-state index is 0.0231. The van der Waals surface area contributed by atoms with Crippen molar-refractivity contribution in [3.8, 4) is 0 Å². The molecule has 2 aromatic rings. The monoisotopic (exact) mass is 441 g/mol. The van der Waals surface area contributed by atoms with Crippen LogP contribution < -0.4 is 14.5 Å². The van der Waals surface area contributed by atoms with Crippen molar-refractivity contribution in [2.24, 2.45) is 0 Å². The van der Waals surface area contributed by atoms with Gasteiger partial charge in [-0.25, -0.2) is 8.42 Å². The molecule has 1 aliphatic rings. The first kappa shape index (κ1) is 21.9. The van der Waals surface area contributed by atoms with E-state index in [1.165, 1.54) is 0 Å². The Hall–Kier alpha value is -2.75. The molecule has 1 saturated heterocycles. The second kappa shape index (κ2) is 8.55. The lowest BCUT2D eigenvalue weighted by atomic mass is 10.2. The quantitative estimate of drug-likeness (QED) is 0.742. The third-order valence-corrected chi connectivity index (χ3v) is 5.93. The van der Waals surface area contributed by atoms with Gasteiger partial charge in [-0.2, -0.15) is 13.2 Å². The number of rotatable bonds is 6. The fourth-order valence-electron chi connectivity index (χ4n) is 3.28. The van der Waals surface area contributed by atoms with Gasteiger partial charge in [0.1, 0.15) is 6.54 Å². The molecule has 0 bridgehead atoms. The number of nitrogens with one attached hydrogen (secondary N) is 1. The van der Waals surface area contributed by atoms with Crippen LogP contribution in [-0.2, 0) is 21.0 Å². The Kier molecular flexibility index (Phi) is 6.25. The zero-order valence-corrected chi connectivity index (χ0v) is 17.1. The average molecular weight is 441 g/mol. The fourth-order valence-corrected chi connectivity index (χ4v) is 4.13. The van der Waals surface area contributed by atoms with Crippen molar-refractivity contribution in [1.82, 2.24) is 0 Å². The summed E-state index contributed by atoms with van der Waals surface area (Å²) in [5, 5.41) is 2.62. The molecule has 0 atom stereocenters. The molecule has 0 spiro atoms. The Morgan fingerprint density at radius 2 is 1.60 bits per heavy atom. The highest BCUT2D eigenvalue weighted by Crippen LogP contribution is 2.31. The molecule has 0 aromatic heterocycles. The van der Waals surface area contributed by atoms with Crippen molar-refractivity contribution < 1.29 is 26.4 Å². The number of anilines is 3. The molecular formula is C20H22F3N3O3S. The topological polar surface area (TPSA) is 69.7 Å². The van der Waals surface area contributed by atoms with Crippen molar-refractivity contribution in [2.45, 2.75) is 19.0 Å². The first-order valence-electron chi connectivity index (χ1n) is 9.34. The number of carbonyl (C=O) groups is 1. The van der Waals surface area contributed by atoms with E-state index in [9.17, 15) is 26.4 Å². The van der Waals surface area contributed by atoms with Crippen LogP contribution in [0.2, 0.25) is 0 Å². The summed E-state index contributed by atoms with van der Waals surface area (Å²) in [5.74, 6) is -0.603. The zero-order chi connectivity index (χ0) is 21.9. The molecule has 2 aromatic carbocycles. The number of halogens is 3. The van der Waals surface area contributed by atoms with Gasteiger partial charge in [0.25, 0.3) is 0 Å². The van der Waals surface area contributed by atoms with E-state index in [0.717, 1.165) is 66.4 Å². The van der Waals surface area contributed by atoms with Gasteiger partial charge < -0.3 is 10.2 Å². The molecule has 0 saturated carbocycles. The van der Waals surface area contributed by atoms with Crippen molar-refractivity contribution in [2.75, 3.05) is 40.4 Å². The minimum Gasteiger partial charge on any atom is -0.372 e. The number of alkyl halides is 3. The van der Waals surface area contributed by atoms with Crippen molar-refractivity contribution in [1.29, 1.82) is 0 Å². The van der Waals surface area contributed by atoms with Crippen molar-refractivity contribution in [3.05, 3.63) is 54.1 Å². The summed E-state index contributed by atoms with van der Waals surface area (Å²) in [6.07, 6.45) is -1.36. The molecule has 1 heterocycles. The van der Waals surface area contributed by atoms with Crippen LogP contribution in [0.5, 0.6) is 0 Å². The maximum atomic E-state index is 12.7. The number of carbonyl (C=O) groups excluding carboxylic acids is 1. The zero-order valence-electron chi connectivity index (χ0n) is 16.3. The van der Waals surface area contributed by atoms with Gasteiger partial charge in [0.05, 0.1) is 17.5 Å². The van der Waals surface area contributed by atoms with E-state index in [-0.39, 0.29) is 5.69 Å². The van der Waals surface area contributed by atoms with E-state index in [4.69, 9.17) is 0 Å². The smallest absolute Gasteiger partial charge is 0.372 e. The third-order valence-electron chi connectivity index (χ3n) is 4.79. The van der Waals surface area contributed by atoms with Crippen LogP contribution in [0, 0.1) is 0 Å². The lowest BCUT2D eigenvalue weighted by Crippen LogP contribution is -2.37. The van der Waals surface area contributed by atoms with Crippen LogP contribution in [0.15, 0.2) is 48.5 Å². The average Bonchev–Trinajstić information content (AvgIpc) is 3.20. The van der Waals surface area contributed by atoms with E-state index in [1.807, 2.05) is 12.1 Å². The second-order valence-electron chi connectivity index (χ2n) is 7.10. The SMILES string of the molecule is CS(=O)(=O)N(CC(=O)Nc1ccc(N2CCCC2)cc1)c1ccc(C(F)(F)F)cc1. The molecular weight excluding hydrogens is 419 g/mol. The summed E-state index contributed by atoms with van der Waals surface area (Å²) in [7, 11) is -3.89. The van der Waals surface area contributed by atoms with E-state index >= 15 is 0 Å². The van der Waals surface area contributed by atoms with Gasteiger partial charge in [-0.3, -0.25) is 9.10 Å². The standard InChI is InChI=1S/C20H22F3N3O3S/c1-30(28,29)26(18-8-4-15(5-9-18)20(21,22)23)14-19(27)24-16-6-10-17(11-7-16)25-12-2-3-13-25/h4-11H,2-3,12-14H2,1H3,(H,24,27). The number of hydrogen-bond acceptors (Lipinski definition) is 4. The molecule has 1 N–H and O–H groups in total. The predicted octanol–water partition coefficient (Wildman–Crippen LogP) is 3.71. The number of amides is 1. The highest BCUT2D eigenvalue weighted by Gasteiger charge is 2.31. The number of benzene rings is 2. The van der Waals surface area contributed by atoms with Crippen LogP contribution in [0.25, 0.3) is 0 Å². The van der Waals surface area contributed by atoms with E-state index in [0.29, 0.717) is 5.69 Å². The summed E-state index contributed by atoms with van der Waals surface area (Å²) in [4.78, 5) is 14.6. The highest BCUT2D eigenvalue weighted by molar-refractivity contribution is 7.92. The Bertz CT molecular complexity index is 985. The molecule has 10 heteroatoms. The molecule has 1 aliphatic heterocycles. The molecule has 162 valence electrons. The number of hydrogen-bond donors (Lipinski definition) is 1. The predicted molar refractivity (Wildman–Crippen MR) is 110 cm³/mol. The summed E-state index contributed by atoms with van der Waals surface area (Å²) in [5.41, 5.74) is 0.629. The summed E-state index contributed by atoms with van der Waals surface area (Å²) >= 11 is 0. The molecule has 1 fully saturated rings. The van der Waals surface area contributed by atoms with Crippen LogP contribution in [0.3, 0.4) is 0 Å². The van der Waals surface area contributed by atoms with Crippen LogP contribution in [0.4, 0.5) is 30.2 Å². The van der Waals surface area contributed by atoms with Gasteiger partial charge in [-0.15, -0.1) is 0 Å². The molecule has 0 radical (unpaired) electrons. The normalized spacial score (nSPS) is 14.6. The van der Waals surface area contributed by atoms with E-state index in [1.54, 1.807) is 12.1 Å². The number of sulfonamides is 1. The van der Waals surface area contributed by atoms with Gasteiger partial charge >= 0.3 is 6.18 Å². The Balaban J connectivity index is 1.70. The molecule has 0 aliphatic carbocycles. The summed E-state index contributed by atoms with van der Waals surface area (Å²) in [6, 6.07) is 10.8. The summed E-state index contributed by atoms with van der Waals surface area (Å²) in [6.45, 7) is 1.42. The molecule has 0 unspecified atom stereocenters. The second-order valence-corrected chi connectivity index (χ2v) is 9.01. The van der Waals surface area contributed by atoms with Crippen LogP contribution >= 0.6 is 0 Å². The molecule has 1 amide bonds. The van der Waals surface area contributed by atoms with Crippen LogP contribution in [-0.4, -0.2) is 40.2 Å². The first-order valence-corrected chi connectivity index (χ1v) is 11.2. The van der Waals surface area contributed by atoms with Gasteiger partial charge in [-0.1, -0.05) is 0 Å². The van der Waals surface area contributed by atoms with E-state index < -0.39 is 34.2 Å². The largest absolute Gasteiger partial charge is 0.416 e. The minimum atomic E-state index is -4.53. The Morgan fingerprint density at radius 1 is 1.03 bits per heavy atom. The molecule has 3 rings (SSSR count). The molecule has 30 heavy (non-hydrogen) atoms. The lowest BCUT2D eigenvalue weighted by molar-refractivity contribution is -0.137. The van der Waals surface area contributed by atoms with E-state index in [2.05, 4.69) is 10.2 Å². The van der Waals surface area contributed by atoms with Crippen LogP contribution in [0.1, 0.15) is 18.4 Å². The Labute approximate surface area is 173 Å². The maximum absolute atomic E-state index is 12.7.